The van der Waals surface area contributed by atoms with Crippen molar-refractivity contribution in [3.8, 4) is 0 Å². The highest BCUT2D eigenvalue weighted by Crippen LogP contribution is 2.27. The minimum atomic E-state index is 0.233. The molecule has 15 heavy (non-hydrogen) atoms. The van der Waals surface area contributed by atoms with Crippen LogP contribution in [0.2, 0.25) is 10.0 Å². The van der Waals surface area contributed by atoms with Crippen molar-refractivity contribution in [1.29, 1.82) is 0 Å². The second-order valence-corrected chi connectivity index (χ2v) is 5.33. The first-order valence-corrected chi connectivity index (χ1v) is 6.04. The fourth-order valence-corrected chi connectivity index (χ4v) is 2.53. The zero-order chi connectivity index (χ0) is 10.9. The normalized spacial score (nSPS) is 25.8. The topological polar surface area (TPSA) is 12.0 Å². The third-order valence-corrected chi connectivity index (χ3v) is 3.77. The summed E-state index contributed by atoms with van der Waals surface area (Å²) in [6, 6.07) is 5.89. The van der Waals surface area contributed by atoms with Gasteiger partial charge in [0, 0.05) is 5.54 Å². The number of halogens is 2. The molecule has 1 fully saturated rings. The molecule has 0 spiro atoms. The van der Waals surface area contributed by atoms with Crippen LogP contribution < -0.4 is 5.32 Å². The van der Waals surface area contributed by atoms with E-state index in [-0.39, 0.29) is 5.54 Å². The van der Waals surface area contributed by atoms with Gasteiger partial charge in [0.05, 0.1) is 10.0 Å². The molecule has 82 valence electrons. The molecule has 1 aromatic rings. The van der Waals surface area contributed by atoms with Gasteiger partial charge in [-0.2, -0.15) is 0 Å². The Morgan fingerprint density at radius 1 is 1.33 bits per heavy atom. The first-order chi connectivity index (χ1) is 7.09. The largest absolute Gasteiger partial charge is 0.311 e. The summed E-state index contributed by atoms with van der Waals surface area (Å²) in [7, 11) is 0. The van der Waals surface area contributed by atoms with Crippen molar-refractivity contribution < 1.29 is 0 Å². The fourth-order valence-electron chi connectivity index (χ4n) is 2.21. The molecule has 1 nitrogen and oxygen atoms in total. The van der Waals surface area contributed by atoms with Crippen LogP contribution in [0.1, 0.15) is 25.3 Å². The van der Waals surface area contributed by atoms with Crippen LogP contribution in [0.25, 0.3) is 0 Å². The maximum absolute atomic E-state index is 5.99. The summed E-state index contributed by atoms with van der Waals surface area (Å²) in [5.41, 5.74) is 1.48. The maximum Gasteiger partial charge on any atom is 0.0595 e. The van der Waals surface area contributed by atoms with Gasteiger partial charge in [-0.25, -0.2) is 0 Å². The standard InChI is InChI=1S/C12H15Cl2N/c1-12(5-2-6-15-12)8-9-3-4-10(13)11(14)7-9/h3-4,7,15H,2,5-6,8H2,1H3/t12-/m1/s1. The monoisotopic (exact) mass is 243 g/mol. The predicted molar refractivity (Wildman–Crippen MR) is 65.8 cm³/mol. The zero-order valence-electron chi connectivity index (χ0n) is 8.82. The van der Waals surface area contributed by atoms with Gasteiger partial charge in [-0.3, -0.25) is 0 Å². The first-order valence-electron chi connectivity index (χ1n) is 5.28. The molecule has 0 amide bonds. The highest BCUT2D eigenvalue weighted by molar-refractivity contribution is 6.42. The lowest BCUT2D eigenvalue weighted by molar-refractivity contribution is 0.412. The van der Waals surface area contributed by atoms with E-state index in [1.54, 1.807) is 0 Å². The maximum atomic E-state index is 5.99. The van der Waals surface area contributed by atoms with E-state index in [0.717, 1.165) is 13.0 Å². The molecular formula is C12H15Cl2N. The average Bonchev–Trinajstić information content (AvgIpc) is 2.59. The molecule has 0 radical (unpaired) electrons. The van der Waals surface area contributed by atoms with Crippen molar-refractivity contribution in [1.82, 2.24) is 5.32 Å². The first kappa shape index (κ1) is 11.3. The van der Waals surface area contributed by atoms with Gasteiger partial charge in [0.15, 0.2) is 0 Å². The molecule has 2 rings (SSSR count). The van der Waals surface area contributed by atoms with Crippen LogP contribution in [0.15, 0.2) is 18.2 Å². The summed E-state index contributed by atoms with van der Waals surface area (Å²) in [6.07, 6.45) is 3.51. The van der Waals surface area contributed by atoms with E-state index in [4.69, 9.17) is 23.2 Å². The Hall–Kier alpha value is -0.240. The van der Waals surface area contributed by atoms with Crippen molar-refractivity contribution in [2.24, 2.45) is 0 Å². The molecule has 1 atom stereocenters. The highest BCUT2D eigenvalue weighted by atomic mass is 35.5. The quantitative estimate of drug-likeness (QED) is 0.836. The van der Waals surface area contributed by atoms with Crippen molar-refractivity contribution in [2.45, 2.75) is 31.7 Å². The number of nitrogens with one attached hydrogen (secondary N) is 1. The van der Waals surface area contributed by atoms with Gasteiger partial charge in [0.2, 0.25) is 0 Å². The molecule has 0 aromatic heterocycles. The van der Waals surface area contributed by atoms with Crippen LogP contribution in [0.5, 0.6) is 0 Å². The number of hydrogen-bond donors (Lipinski definition) is 1. The van der Waals surface area contributed by atoms with Crippen LogP contribution >= 0.6 is 23.2 Å². The smallest absolute Gasteiger partial charge is 0.0595 e. The summed E-state index contributed by atoms with van der Waals surface area (Å²) in [6.45, 7) is 3.39. The summed E-state index contributed by atoms with van der Waals surface area (Å²) >= 11 is 11.9. The predicted octanol–water partition coefficient (Wildman–Crippen LogP) is 3.68. The van der Waals surface area contributed by atoms with Gasteiger partial charge in [-0.15, -0.1) is 0 Å². The SMILES string of the molecule is C[C@]1(Cc2ccc(Cl)c(Cl)c2)CCCN1. The minimum Gasteiger partial charge on any atom is -0.311 e. The second-order valence-electron chi connectivity index (χ2n) is 4.52. The van der Waals surface area contributed by atoms with E-state index in [1.807, 2.05) is 12.1 Å². The van der Waals surface area contributed by atoms with Gasteiger partial charge in [0.25, 0.3) is 0 Å². The van der Waals surface area contributed by atoms with Crippen LogP contribution in [0, 0.1) is 0 Å². The molecule has 1 aliphatic rings. The number of benzene rings is 1. The average molecular weight is 244 g/mol. The zero-order valence-corrected chi connectivity index (χ0v) is 10.3. The summed E-state index contributed by atoms with van der Waals surface area (Å²) in [5, 5.41) is 4.82. The van der Waals surface area contributed by atoms with Crippen molar-refractivity contribution in [3.63, 3.8) is 0 Å². The molecule has 1 aromatic carbocycles. The molecule has 0 bridgehead atoms. The van der Waals surface area contributed by atoms with E-state index in [0.29, 0.717) is 10.0 Å². The van der Waals surface area contributed by atoms with Crippen molar-refractivity contribution >= 4 is 23.2 Å². The van der Waals surface area contributed by atoms with Gasteiger partial charge in [-0.05, 0) is 50.4 Å². The van der Waals surface area contributed by atoms with E-state index in [2.05, 4.69) is 18.3 Å². The molecule has 0 unspecified atom stereocenters. The molecule has 0 saturated carbocycles. The Morgan fingerprint density at radius 2 is 2.13 bits per heavy atom. The Bertz CT molecular complexity index is 357. The van der Waals surface area contributed by atoms with Crippen LogP contribution in [-0.2, 0) is 6.42 Å². The Balaban J connectivity index is 2.13. The third kappa shape index (κ3) is 2.66. The van der Waals surface area contributed by atoms with E-state index in [1.165, 1.54) is 18.4 Å². The van der Waals surface area contributed by atoms with Gasteiger partial charge >= 0.3 is 0 Å². The van der Waals surface area contributed by atoms with Crippen LogP contribution in [0.3, 0.4) is 0 Å². The summed E-state index contributed by atoms with van der Waals surface area (Å²) in [5.74, 6) is 0. The lowest BCUT2D eigenvalue weighted by Crippen LogP contribution is -2.38. The van der Waals surface area contributed by atoms with Gasteiger partial charge in [-0.1, -0.05) is 29.3 Å². The molecular weight excluding hydrogens is 229 g/mol. The lowest BCUT2D eigenvalue weighted by atomic mass is 9.91. The molecule has 1 aliphatic heterocycles. The number of rotatable bonds is 2. The van der Waals surface area contributed by atoms with E-state index >= 15 is 0 Å². The van der Waals surface area contributed by atoms with Crippen LogP contribution in [-0.4, -0.2) is 12.1 Å². The fraction of sp³-hybridized carbons (Fsp3) is 0.500. The highest BCUT2D eigenvalue weighted by Gasteiger charge is 2.27. The summed E-state index contributed by atoms with van der Waals surface area (Å²) < 4.78 is 0. The van der Waals surface area contributed by atoms with Gasteiger partial charge in [0.1, 0.15) is 0 Å². The molecule has 3 heteroatoms. The molecule has 1 heterocycles. The molecule has 1 N–H and O–H groups in total. The Kier molecular flexibility index (Phi) is 3.24. The van der Waals surface area contributed by atoms with E-state index in [9.17, 15) is 0 Å². The Labute approximate surface area is 101 Å². The lowest BCUT2D eigenvalue weighted by Gasteiger charge is -2.24. The molecule has 1 saturated heterocycles. The van der Waals surface area contributed by atoms with Gasteiger partial charge < -0.3 is 5.32 Å². The molecule has 0 aliphatic carbocycles. The van der Waals surface area contributed by atoms with Crippen LogP contribution in [0.4, 0.5) is 0 Å². The third-order valence-electron chi connectivity index (χ3n) is 3.04. The van der Waals surface area contributed by atoms with Crippen molar-refractivity contribution in [2.75, 3.05) is 6.54 Å². The minimum absolute atomic E-state index is 0.233. The second kappa shape index (κ2) is 4.32. The number of hydrogen-bond acceptors (Lipinski definition) is 1. The Morgan fingerprint density at radius 3 is 2.73 bits per heavy atom. The van der Waals surface area contributed by atoms with Crippen molar-refractivity contribution in [3.05, 3.63) is 33.8 Å². The summed E-state index contributed by atoms with van der Waals surface area (Å²) in [4.78, 5) is 0. The van der Waals surface area contributed by atoms with E-state index < -0.39 is 0 Å².